The van der Waals surface area contributed by atoms with E-state index in [2.05, 4.69) is 5.92 Å². The molecule has 0 aliphatic carbocycles. The van der Waals surface area contributed by atoms with Crippen LogP contribution in [0.4, 0.5) is 0 Å². The van der Waals surface area contributed by atoms with E-state index in [1.807, 2.05) is 6.92 Å². The average Bonchev–Trinajstić information content (AvgIpc) is 2.39. The Hall–Kier alpha value is -0.790. The molecule has 0 fully saturated rings. The van der Waals surface area contributed by atoms with Gasteiger partial charge in [0.15, 0.2) is 0 Å². The first-order chi connectivity index (χ1) is 9.08. The lowest BCUT2D eigenvalue weighted by molar-refractivity contribution is -0.0482. The first-order valence-electron chi connectivity index (χ1n) is 6.53. The molecule has 5 atom stereocenters. The Bertz CT molecular complexity index is 359. The van der Waals surface area contributed by atoms with E-state index in [9.17, 15) is 10.2 Å². The number of halogens is 1. The molecule has 0 aromatic carbocycles. The third-order valence-electron chi connectivity index (χ3n) is 3.12. The molecule has 19 heavy (non-hydrogen) atoms. The molecule has 1 aliphatic rings. The Morgan fingerprint density at radius 2 is 2.26 bits per heavy atom. The lowest BCUT2D eigenvalue weighted by Gasteiger charge is -2.30. The van der Waals surface area contributed by atoms with Crippen molar-refractivity contribution < 1.29 is 14.9 Å². The molecule has 0 radical (unpaired) electrons. The molecular formula is C15H21ClO3. The Kier molecular flexibility index (Phi) is 7.19. The summed E-state index contributed by atoms with van der Waals surface area (Å²) in [5, 5.41) is 19.3. The molecule has 2 unspecified atom stereocenters. The Morgan fingerprint density at radius 3 is 2.89 bits per heavy atom. The van der Waals surface area contributed by atoms with E-state index in [0.29, 0.717) is 12.8 Å². The summed E-state index contributed by atoms with van der Waals surface area (Å²) < 4.78 is 5.88. The van der Waals surface area contributed by atoms with Gasteiger partial charge in [-0.15, -0.1) is 18.0 Å². The minimum Gasteiger partial charge on any atom is -0.390 e. The molecule has 0 bridgehead atoms. The third kappa shape index (κ3) is 5.38. The van der Waals surface area contributed by atoms with Gasteiger partial charge in [-0.1, -0.05) is 31.1 Å². The van der Waals surface area contributed by atoms with E-state index in [4.69, 9.17) is 22.8 Å². The molecule has 4 heteroatoms. The van der Waals surface area contributed by atoms with Crippen molar-refractivity contribution in [1.82, 2.24) is 0 Å². The zero-order valence-electron chi connectivity index (χ0n) is 11.1. The van der Waals surface area contributed by atoms with Crippen molar-refractivity contribution in [2.75, 3.05) is 0 Å². The fraction of sp³-hybridized carbons (Fsp3) is 0.600. The maximum Gasteiger partial charge on any atom is 0.0981 e. The molecule has 0 spiro atoms. The van der Waals surface area contributed by atoms with E-state index in [0.717, 1.165) is 6.42 Å². The molecule has 1 rings (SSSR count). The summed E-state index contributed by atoms with van der Waals surface area (Å²) in [5.74, 6) is 2.40. The minimum absolute atomic E-state index is 0.0926. The van der Waals surface area contributed by atoms with Gasteiger partial charge >= 0.3 is 0 Å². The molecule has 0 saturated carbocycles. The van der Waals surface area contributed by atoms with Gasteiger partial charge in [-0.2, -0.15) is 0 Å². The number of allylic oxidation sites excluding steroid dienone is 2. The van der Waals surface area contributed by atoms with Gasteiger partial charge in [0.2, 0.25) is 0 Å². The molecule has 1 aliphatic heterocycles. The summed E-state index contributed by atoms with van der Waals surface area (Å²) in [5.41, 5.74) is 0. The van der Waals surface area contributed by atoms with Crippen molar-refractivity contribution in [3.63, 3.8) is 0 Å². The topological polar surface area (TPSA) is 49.7 Å². The van der Waals surface area contributed by atoms with Gasteiger partial charge in [-0.05, 0) is 18.9 Å². The number of aliphatic hydroxyl groups is 2. The number of terminal acetylenes is 1. The number of hydrogen-bond acceptors (Lipinski definition) is 3. The molecule has 3 nitrogen and oxygen atoms in total. The van der Waals surface area contributed by atoms with Crippen LogP contribution in [0.5, 0.6) is 0 Å². The van der Waals surface area contributed by atoms with Gasteiger partial charge in [-0.3, -0.25) is 0 Å². The second-order valence-electron chi connectivity index (χ2n) is 4.62. The average molecular weight is 285 g/mol. The van der Waals surface area contributed by atoms with Gasteiger partial charge < -0.3 is 14.9 Å². The highest BCUT2D eigenvalue weighted by Gasteiger charge is 2.29. The summed E-state index contributed by atoms with van der Waals surface area (Å²) in [7, 11) is 0. The van der Waals surface area contributed by atoms with Crippen LogP contribution in [0.3, 0.4) is 0 Å². The number of alkyl halides is 1. The van der Waals surface area contributed by atoms with Crippen LogP contribution in [0.25, 0.3) is 0 Å². The second-order valence-corrected chi connectivity index (χ2v) is 5.18. The smallest absolute Gasteiger partial charge is 0.0981 e. The van der Waals surface area contributed by atoms with Crippen LogP contribution in [0.1, 0.15) is 26.2 Å². The van der Waals surface area contributed by atoms with E-state index in [1.165, 1.54) is 0 Å². The Labute approximate surface area is 119 Å². The van der Waals surface area contributed by atoms with Crippen LogP contribution in [-0.2, 0) is 4.74 Å². The molecular weight excluding hydrogens is 264 g/mol. The molecule has 2 N–H and O–H groups in total. The lowest BCUT2D eigenvalue weighted by Crippen LogP contribution is -2.38. The predicted molar refractivity (Wildman–Crippen MR) is 77.0 cm³/mol. The molecule has 1 heterocycles. The number of hydrogen-bond donors (Lipinski definition) is 2. The van der Waals surface area contributed by atoms with E-state index < -0.39 is 12.2 Å². The van der Waals surface area contributed by atoms with Gasteiger partial charge in [0.05, 0.1) is 29.8 Å². The Balaban J connectivity index is 2.71. The van der Waals surface area contributed by atoms with Crippen LogP contribution in [0.15, 0.2) is 24.3 Å². The number of rotatable bonds is 4. The lowest BCUT2D eigenvalue weighted by atomic mass is 9.99. The van der Waals surface area contributed by atoms with Crippen molar-refractivity contribution in [1.29, 1.82) is 0 Å². The van der Waals surface area contributed by atoms with Gasteiger partial charge in [0, 0.05) is 6.42 Å². The minimum atomic E-state index is -0.870. The first-order valence-corrected chi connectivity index (χ1v) is 6.97. The molecule has 0 saturated heterocycles. The molecule has 0 aromatic rings. The van der Waals surface area contributed by atoms with Crippen molar-refractivity contribution in [3.8, 4) is 12.3 Å². The summed E-state index contributed by atoms with van der Waals surface area (Å²) >= 11 is 6.29. The summed E-state index contributed by atoms with van der Waals surface area (Å²) in [6.07, 6.45) is 11.4. The van der Waals surface area contributed by atoms with Crippen LogP contribution >= 0.6 is 11.6 Å². The van der Waals surface area contributed by atoms with Crippen molar-refractivity contribution in [2.45, 2.75) is 56.0 Å². The highest BCUT2D eigenvalue weighted by molar-refractivity contribution is 6.21. The van der Waals surface area contributed by atoms with Crippen molar-refractivity contribution >= 4 is 11.6 Å². The fourth-order valence-electron chi connectivity index (χ4n) is 1.95. The first kappa shape index (κ1) is 16.3. The summed E-state index contributed by atoms with van der Waals surface area (Å²) in [6.45, 7) is 2.00. The zero-order valence-corrected chi connectivity index (χ0v) is 11.8. The van der Waals surface area contributed by atoms with Gasteiger partial charge in [0.1, 0.15) is 0 Å². The monoisotopic (exact) mass is 284 g/mol. The predicted octanol–water partition coefficient (Wildman–Crippen LogP) is 2.02. The fourth-order valence-corrected chi connectivity index (χ4v) is 2.22. The van der Waals surface area contributed by atoms with Crippen molar-refractivity contribution in [2.24, 2.45) is 0 Å². The zero-order chi connectivity index (χ0) is 14.3. The third-order valence-corrected chi connectivity index (χ3v) is 3.58. The van der Waals surface area contributed by atoms with E-state index in [-0.39, 0.29) is 17.6 Å². The van der Waals surface area contributed by atoms with Crippen LogP contribution in [0.2, 0.25) is 0 Å². The van der Waals surface area contributed by atoms with Gasteiger partial charge in [0.25, 0.3) is 0 Å². The number of aliphatic hydroxyl groups excluding tert-OH is 2. The van der Waals surface area contributed by atoms with E-state index in [1.54, 1.807) is 24.3 Å². The quantitative estimate of drug-likeness (QED) is 0.472. The maximum absolute atomic E-state index is 9.84. The van der Waals surface area contributed by atoms with Crippen molar-refractivity contribution in [3.05, 3.63) is 24.3 Å². The largest absolute Gasteiger partial charge is 0.390 e. The summed E-state index contributed by atoms with van der Waals surface area (Å²) in [6, 6.07) is 0. The maximum atomic E-state index is 9.84. The van der Waals surface area contributed by atoms with Gasteiger partial charge in [-0.25, -0.2) is 0 Å². The summed E-state index contributed by atoms with van der Waals surface area (Å²) in [4.78, 5) is 0. The van der Waals surface area contributed by atoms with Crippen LogP contribution in [-0.4, -0.2) is 40.0 Å². The highest BCUT2D eigenvalue weighted by Crippen LogP contribution is 2.23. The molecule has 0 amide bonds. The highest BCUT2D eigenvalue weighted by atomic mass is 35.5. The molecule has 0 aromatic heterocycles. The standard InChI is InChI=1S/C15H21ClO3/c1-3-5-6-7-12(16)15-10-14(18)13(17)9-8-11(4-2)19-15/h1,5-6,8-9,11-15,17-18H,4,7,10H2,2H3/b6-5+,9-8-/t11-,12?,13-,14-,15?/m1/s1. The second kappa shape index (κ2) is 8.39. The molecule has 106 valence electrons. The SMILES string of the molecule is C#C/C=C/CC(Cl)C1C[C@@H](O)[C@H](O)/C=C\[C@@H](CC)O1. The van der Waals surface area contributed by atoms with Crippen LogP contribution < -0.4 is 0 Å². The number of ether oxygens (including phenoxy) is 1. The van der Waals surface area contributed by atoms with Crippen LogP contribution in [0, 0.1) is 12.3 Å². The Morgan fingerprint density at radius 1 is 1.53 bits per heavy atom. The normalized spacial score (nSPS) is 35.3. The van der Waals surface area contributed by atoms with E-state index >= 15 is 0 Å².